The summed E-state index contributed by atoms with van der Waals surface area (Å²) in [6.45, 7) is 2.37. The fraction of sp³-hybridized carbons (Fsp3) is 0.312. The number of hydrogen-bond acceptors (Lipinski definition) is 7. The first-order valence-corrected chi connectivity index (χ1v) is 14.9. The molecular formula is C32H33Cl2N7O. The Balaban J connectivity index is 1.33. The second kappa shape index (κ2) is 12.4. The van der Waals surface area contributed by atoms with E-state index in [9.17, 15) is 0 Å². The van der Waals surface area contributed by atoms with Gasteiger partial charge in [-0.05, 0) is 32.4 Å². The highest BCUT2D eigenvalue weighted by atomic mass is 35.5. The Morgan fingerprint density at radius 2 is 1.55 bits per heavy atom. The minimum atomic E-state index is 0.454. The maximum atomic E-state index is 7.07. The van der Waals surface area contributed by atoms with Gasteiger partial charge in [0.15, 0.2) is 5.65 Å². The first-order chi connectivity index (χ1) is 20.5. The van der Waals surface area contributed by atoms with Crippen LogP contribution >= 0.6 is 23.2 Å². The summed E-state index contributed by atoms with van der Waals surface area (Å²) < 4.78 is 7.51. The zero-order valence-electron chi connectivity index (χ0n) is 23.9. The summed E-state index contributed by atoms with van der Waals surface area (Å²) in [6, 6.07) is 11.7. The van der Waals surface area contributed by atoms with Crippen molar-refractivity contribution in [3.8, 4) is 39.5 Å². The Kier molecular flexibility index (Phi) is 8.40. The van der Waals surface area contributed by atoms with Gasteiger partial charge >= 0.3 is 0 Å². The summed E-state index contributed by atoms with van der Waals surface area (Å²) in [5.41, 5.74) is 8.02. The highest BCUT2D eigenvalue weighted by Crippen LogP contribution is 2.42. The molecule has 1 fully saturated rings. The van der Waals surface area contributed by atoms with Crippen molar-refractivity contribution in [2.45, 2.75) is 32.4 Å². The molecule has 8 nitrogen and oxygen atoms in total. The minimum absolute atomic E-state index is 0.454. The van der Waals surface area contributed by atoms with E-state index in [0.717, 1.165) is 63.7 Å². The van der Waals surface area contributed by atoms with Crippen LogP contribution in [0, 0.1) is 5.92 Å². The molecule has 6 rings (SSSR count). The molecule has 2 aromatic carbocycles. The quantitative estimate of drug-likeness (QED) is 0.184. The third kappa shape index (κ3) is 5.47. The fourth-order valence-electron chi connectivity index (χ4n) is 5.43. The molecule has 1 aliphatic rings. The molecule has 1 aliphatic carbocycles. The van der Waals surface area contributed by atoms with Gasteiger partial charge in [-0.2, -0.15) is 0 Å². The number of nitrogens with one attached hydrogen (secondary N) is 2. The van der Waals surface area contributed by atoms with Gasteiger partial charge in [0.05, 0.1) is 40.9 Å². The standard InChI is InChI=1S/C32H33Cl2N7O/c1-35-15-27-32(42-3)40-26(16-37-27)24-12-6-10-22(29(24)34)21-9-5-11-23(28(21)33)25-17-38-30-20(18-41(2)31(30)39-25)14-36-13-19-7-4-8-19/h5-6,9-12,16-19,35-36H,4,7-8,13-15H2,1-3H3. The lowest BCUT2D eigenvalue weighted by atomic mass is 9.85. The summed E-state index contributed by atoms with van der Waals surface area (Å²) in [7, 11) is 5.44. The van der Waals surface area contributed by atoms with Crippen molar-refractivity contribution in [2.75, 3.05) is 20.7 Å². The summed E-state index contributed by atoms with van der Waals surface area (Å²) in [4.78, 5) is 19.0. The fourth-order valence-corrected chi connectivity index (χ4v) is 6.08. The van der Waals surface area contributed by atoms with E-state index in [0.29, 0.717) is 33.9 Å². The Morgan fingerprint density at radius 3 is 2.17 bits per heavy atom. The Hall–Kier alpha value is -3.56. The van der Waals surface area contributed by atoms with Crippen LogP contribution in [0.5, 0.6) is 5.88 Å². The highest BCUT2D eigenvalue weighted by Gasteiger charge is 2.20. The maximum absolute atomic E-state index is 7.07. The van der Waals surface area contributed by atoms with E-state index in [1.165, 1.54) is 19.3 Å². The van der Waals surface area contributed by atoms with Crippen LogP contribution < -0.4 is 15.4 Å². The molecule has 10 heteroatoms. The highest BCUT2D eigenvalue weighted by molar-refractivity contribution is 6.39. The Bertz CT molecular complexity index is 1750. The molecule has 0 amide bonds. The topological polar surface area (TPSA) is 89.8 Å². The second-order valence-corrected chi connectivity index (χ2v) is 11.5. The van der Waals surface area contributed by atoms with Crippen LogP contribution in [-0.4, -0.2) is 45.2 Å². The molecule has 0 radical (unpaired) electrons. The number of halogens is 2. The predicted molar refractivity (Wildman–Crippen MR) is 169 cm³/mol. The molecule has 3 heterocycles. The van der Waals surface area contributed by atoms with Gasteiger partial charge in [-0.15, -0.1) is 0 Å². The molecule has 0 bridgehead atoms. The smallest absolute Gasteiger partial charge is 0.237 e. The SMILES string of the molecule is CNCc1ncc(-c2cccc(-c3cccc(-c4cnc5c(CNCC6CCC6)cn(C)c5n4)c3Cl)c2Cl)nc1OC. The monoisotopic (exact) mass is 601 g/mol. The van der Waals surface area contributed by atoms with Crippen LogP contribution in [0.3, 0.4) is 0 Å². The largest absolute Gasteiger partial charge is 0.480 e. The summed E-state index contributed by atoms with van der Waals surface area (Å²) in [5.74, 6) is 1.26. The van der Waals surface area contributed by atoms with Gasteiger partial charge in [0, 0.05) is 54.2 Å². The van der Waals surface area contributed by atoms with Crippen molar-refractivity contribution in [2.24, 2.45) is 13.0 Å². The molecule has 42 heavy (non-hydrogen) atoms. The predicted octanol–water partition coefficient (Wildman–Crippen LogP) is 6.68. The van der Waals surface area contributed by atoms with Crippen LogP contribution in [0.15, 0.2) is 55.0 Å². The van der Waals surface area contributed by atoms with Crippen molar-refractivity contribution in [3.05, 3.63) is 76.3 Å². The first kappa shape index (κ1) is 28.6. The van der Waals surface area contributed by atoms with Gasteiger partial charge in [-0.1, -0.05) is 66.0 Å². The van der Waals surface area contributed by atoms with Crippen molar-refractivity contribution >= 4 is 34.4 Å². The average Bonchev–Trinajstić information content (AvgIpc) is 3.29. The summed E-state index contributed by atoms with van der Waals surface area (Å²) in [5, 5.41) is 7.75. The van der Waals surface area contributed by atoms with Crippen molar-refractivity contribution in [1.82, 2.24) is 35.1 Å². The molecule has 5 aromatic rings. The number of rotatable bonds is 10. The molecule has 1 saturated carbocycles. The molecule has 0 spiro atoms. The lowest BCUT2D eigenvalue weighted by Gasteiger charge is -2.25. The second-order valence-electron chi connectivity index (χ2n) is 10.7. The summed E-state index contributed by atoms with van der Waals surface area (Å²) in [6.07, 6.45) is 9.62. The Labute approximate surface area is 255 Å². The number of hydrogen-bond donors (Lipinski definition) is 2. The minimum Gasteiger partial charge on any atom is -0.480 e. The van der Waals surface area contributed by atoms with E-state index in [4.69, 9.17) is 37.9 Å². The molecule has 0 aliphatic heterocycles. The van der Waals surface area contributed by atoms with E-state index >= 15 is 0 Å². The van der Waals surface area contributed by atoms with Crippen LogP contribution in [0.4, 0.5) is 0 Å². The third-order valence-electron chi connectivity index (χ3n) is 7.90. The van der Waals surface area contributed by atoms with Gasteiger partial charge in [0.2, 0.25) is 5.88 Å². The lowest BCUT2D eigenvalue weighted by Crippen LogP contribution is -2.26. The van der Waals surface area contributed by atoms with E-state index in [-0.39, 0.29) is 0 Å². The van der Waals surface area contributed by atoms with Gasteiger partial charge in [-0.25, -0.2) is 9.97 Å². The number of benzene rings is 2. The average molecular weight is 603 g/mol. The number of aryl methyl sites for hydroxylation is 1. The van der Waals surface area contributed by atoms with Gasteiger partial charge in [0.25, 0.3) is 0 Å². The number of aromatic nitrogens is 5. The van der Waals surface area contributed by atoms with Gasteiger partial charge in [0.1, 0.15) is 11.2 Å². The van der Waals surface area contributed by atoms with Gasteiger partial charge in [-0.3, -0.25) is 9.97 Å². The first-order valence-electron chi connectivity index (χ1n) is 14.1. The van der Waals surface area contributed by atoms with E-state index in [1.807, 2.05) is 55.1 Å². The number of nitrogens with zero attached hydrogens (tertiary/aromatic N) is 5. The summed E-state index contributed by atoms with van der Waals surface area (Å²) >= 11 is 14.1. The molecule has 0 atom stereocenters. The zero-order valence-corrected chi connectivity index (χ0v) is 25.4. The zero-order chi connectivity index (χ0) is 29.2. The van der Waals surface area contributed by atoms with Crippen molar-refractivity contribution in [3.63, 3.8) is 0 Å². The van der Waals surface area contributed by atoms with E-state index in [1.54, 1.807) is 19.5 Å². The van der Waals surface area contributed by atoms with Crippen LogP contribution in [0.1, 0.15) is 30.5 Å². The maximum Gasteiger partial charge on any atom is 0.237 e. The van der Waals surface area contributed by atoms with Crippen LogP contribution in [-0.2, 0) is 20.1 Å². The lowest BCUT2D eigenvalue weighted by molar-refractivity contribution is 0.301. The molecule has 2 N–H and O–H groups in total. The molecule has 0 saturated heterocycles. The normalized spacial score (nSPS) is 13.5. The molecule has 3 aromatic heterocycles. The van der Waals surface area contributed by atoms with Crippen LogP contribution in [0.25, 0.3) is 44.8 Å². The number of ether oxygens (including phenoxy) is 1. The van der Waals surface area contributed by atoms with E-state index < -0.39 is 0 Å². The molecule has 0 unspecified atom stereocenters. The third-order valence-corrected chi connectivity index (χ3v) is 8.72. The number of methoxy groups -OCH3 is 1. The van der Waals surface area contributed by atoms with Crippen LogP contribution in [0.2, 0.25) is 10.0 Å². The van der Waals surface area contributed by atoms with Gasteiger partial charge < -0.3 is 19.9 Å². The van der Waals surface area contributed by atoms with E-state index in [2.05, 4.69) is 26.8 Å². The molecular weight excluding hydrogens is 569 g/mol. The number of fused-ring (bicyclic) bond motifs is 1. The molecule has 216 valence electrons. The Morgan fingerprint density at radius 1 is 0.905 bits per heavy atom. The van der Waals surface area contributed by atoms with Crippen molar-refractivity contribution < 1.29 is 4.74 Å². The van der Waals surface area contributed by atoms with Crippen molar-refractivity contribution in [1.29, 1.82) is 0 Å².